The Morgan fingerprint density at radius 2 is 1.63 bits per heavy atom. The van der Waals surface area contributed by atoms with Gasteiger partial charge >= 0.3 is 5.97 Å². The number of carboxylic acid groups (broad SMARTS) is 1. The van der Waals surface area contributed by atoms with Crippen LogP contribution < -0.4 is 5.11 Å². The predicted molar refractivity (Wildman–Crippen MR) is 119 cm³/mol. The van der Waals surface area contributed by atoms with E-state index in [0.717, 1.165) is 11.8 Å². The van der Waals surface area contributed by atoms with Crippen LogP contribution in [0.3, 0.4) is 0 Å². The number of fused-ring (bicyclic) bond motifs is 1. The fourth-order valence-corrected chi connectivity index (χ4v) is 3.87. The molecule has 30 heavy (non-hydrogen) atoms. The number of hydrogen-bond donors (Lipinski definition) is 1. The maximum Gasteiger partial charge on any atom is 0.342 e. The number of para-hydroxylation sites is 2. The Morgan fingerprint density at radius 1 is 1.07 bits per heavy atom. The third kappa shape index (κ3) is 4.70. The number of carbonyl (C=O) groups is 1. The smallest absolute Gasteiger partial charge is 0.342 e. The molecular formula is C24H26NO4S-. The molecule has 0 bridgehead atoms. The van der Waals surface area contributed by atoms with Gasteiger partial charge in [0.05, 0.1) is 0 Å². The molecule has 0 aliphatic heterocycles. The Hall–Kier alpha value is -2.73. The van der Waals surface area contributed by atoms with Crippen molar-refractivity contribution in [3.05, 3.63) is 58.0 Å². The fourth-order valence-electron chi connectivity index (χ4n) is 3.12. The fraction of sp³-hybridized carbons (Fsp3) is 0.333. The summed E-state index contributed by atoms with van der Waals surface area (Å²) in [7, 11) is 0. The molecule has 0 aliphatic carbocycles. The molecule has 0 saturated heterocycles. The number of rotatable bonds is 4. The summed E-state index contributed by atoms with van der Waals surface area (Å²) < 4.78 is 5.66. The van der Waals surface area contributed by atoms with Gasteiger partial charge in [-0.3, -0.25) is 0 Å². The lowest BCUT2D eigenvalue weighted by molar-refractivity contribution is -0.271. The lowest BCUT2D eigenvalue weighted by atomic mass is 9.78. The quantitative estimate of drug-likeness (QED) is 0.426. The summed E-state index contributed by atoms with van der Waals surface area (Å²) in [6, 6.07) is 10.8. The number of benzene rings is 2. The van der Waals surface area contributed by atoms with E-state index in [1.54, 1.807) is 24.3 Å². The van der Waals surface area contributed by atoms with E-state index in [4.69, 9.17) is 4.42 Å². The van der Waals surface area contributed by atoms with Gasteiger partial charge in [-0.2, -0.15) is 0 Å². The molecule has 0 atom stereocenters. The third-order valence-corrected chi connectivity index (χ3v) is 5.57. The molecule has 3 aromatic rings. The van der Waals surface area contributed by atoms with E-state index in [0.29, 0.717) is 27.8 Å². The Morgan fingerprint density at radius 3 is 2.13 bits per heavy atom. The van der Waals surface area contributed by atoms with Gasteiger partial charge in [-0.1, -0.05) is 65.8 Å². The highest BCUT2D eigenvalue weighted by Gasteiger charge is 2.23. The van der Waals surface area contributed by atoms with Crippen LogP contribution in [0.25, 0.3) is 17.2 Å². The van der Waals surface area contributed by atoms with Gasteiger partial charge in [0, 0.05) is 0 Å². The first kappa shape index (κ1) is 22.0. The van der Waals surface area contributed by atoms with Crippen molar-refractivity contribution < 1.29 is 19.4 Å². The van der Waals surface area contributed by atoms with E-state index in [9.17, 15) is 15.0 Å². The first-order chi connectivity index (χ1) is 13.9. The van der Waals surface area contributed by atoms with Crippen molar-refractivity contribution in [2.24, 2.45) is 0 Å². The number of aromatic nitrogens is 1. The van der Waals surface area contributed by atoms with E-state index in [-0.39, 0.29) is 26.7 Å². The normalized spacial score (nSPS) is 13.1. The van der Waals surface area contributed by atoms with Gasteiger partial charge in [-0.15, -0.1) is 5.75 Å². The molecule has 0 unspecified atom stereocenters. The largest absolute Gasteiger partial charge is 0.872 e. The summed E-state index contributed by atoms with van der Waals surface area (Å²) in [6.45, 7) is 11.9. The molecule has 0 saturated carbocycles. The van der Waals surface area contributed by atoms with Crippen LogP contribution in [0.1, 0.15) is 58.2 Å². The van der Waals surface area contributed by atoms with E-state index in [1.165, 1.54) is 0 Å². The third-order valence-electron chi connectivity index (χ3n) is 4.71. The van der Waals surface area contributed by atoms with Crippen molar-refractivity contribution in [3.8, 4) is 5.75 Å². The van der Waals surface area contributed by atoms with Crippen molar-refractivity contribution in [2.45, 2.75) is 57.6 Å². The zero-order valence-electron chi connectivity index (χ0n) is 18.1. The van der Waals surface area contributed by atoms with Gasteiger partial charge in [0.25, 0.3) is 5.22 Å². The molecule has 3 rings (SSSR count). The monoisotopic (exact) mass is 424 g/mol. The van der Waals surface area contributed by atoms with E-state index < -0.39 is 5.97 Å². The van der Waals surface area contributed by atoms with E-state index in [2.05, 4.69) is 4.98 Å². The molecular weight excluding hydrogens is 398 g/mol. The van der Waals surface area contributed by atoms with Crippen LogP contribution in [0.5, 0.6) is 5.75 Å². The molecule has 0 spiro atoms. The molecule has 158 valence electrons. The van der Waals surface area contributed by atoms with Crippen molar-refractivity contribution in [3.63, 3.8) is 0 Å². The molecule has 0 fully saturated rings. The minimum atomic E-state index is -1.08. The van der Waals surface area contributed by atoms with Gasteiger partial charge in [-0.05, 0) is 57.5 Å². The molecule has 1 N–H and O–H groups in total. The molecule has 5 nitrogen and oxygen atoms in total. The maximum atomic E-state index is 13.1. The molecule has 1 heterocycles. The second-order valence-electron chi connectivity index (χ2n) is 9.31. The van der Waals surface area contributed by atoms with Gasteiger partial charge in [0.15, 0.2) is 5.58 Å². The lowest BCUT2D eigenvalue weighted by Gasteiger charge is -2.33. The Bertz CT molecular complexity index is 1060. The van der Waals surface area contributed by atoms with Crippen LogP contribution in [0, 0.1) is 0 Å². The molecule has 2 aromatic carbocycles. The molecule has 6 heteroatoms. The SMILES string of the molecule is CC(C)(C)c1cc(/C=C(/Sc2nc3ccccc3o2)C(=O)O)cc(C(C)(C)C)c1[O-]. The van der Waals surface area contributed by atoms with E-state index in [1.807, 2.05) is 59.7 Å². The van der Waals surface area contributed by atoms with Crippen LogP contribution in [-0.4, -0.2) is 16.1 Å². The highest BCUT2D eigenvalue weighted by molar-refractivity contribution is 8.03. The first-order valence-corrected chi connectivity index (χ1v) is 10.5. The summed E-state index contributed by atoms with van der Waals surface area (Å²) in [5.41, 5.74) is 2.55. The minimum Gasteiger partial charge on any atom is -0.872 e. The summed E-state index contributed by atoms with van der Waals surface area (Å²) in [5.74, 6) is -1.07. The molecule has 0 radical (unpaired) electrons. The van der Waals surface area contributed by atoms with Crippen LogP contribution >= 0.6 is 11.8 Å². The summed E-state index contributed by atoms with van der Waals surface area (Å²) in [6.07, 6.45) is 1.58. The van der Waals surface area contributed by atoms with Crippen molar-refractivity contribution in [1.29, 1.82) is 0 Å². The number of nitrogens with zero attached hydrogens (tertiary/aromatic N) is 1. The summed E-state index contributed by atoms with van der Waals surface area (Å²) >= 11 is 0.954. The van der Waals surface area contributed by atoms with Crippen molar-refractivity contribution >= 4 is 34.9 Å². The zero-order chi connectivity index (χ0) is 22.3. The number of aliphatic carboxylic acids is 1. The van der Waals surface area contributed by atoms with Crippen LogP contribution in [0.2, 0.25) is 0 Å². The Balaban J connectivity index is 2.09. The number of carboxylic acids is 1. The number of hydrogen-bond acceptors (Lipinski definition) is 5. The van der Waals surface area contributed by atoms with Gasteiger partial charge in [-0.25, -0.2) is 9.78 Å². The first-order valence-electron chi connectivity index (χ1n) is 9.70. The van der Waals surface area contributed by atoms with Crippen LogP contribution in [0.15, 0.2) is 50.9 Å². The molecule has 0 aliphatic rings. The highest BCUT2D eigenvalue weighted by atomic mass is 32.2. The average molecular weight is 425 g/mol. The Labute approximate surface area is 180 Å². The second-order valence-corrected chi connectivity index (χ2v) is 10.3. The second kappa shape index (κ2) is 7.84. The summed E-state index contributed by atoms with van der Waals surface area (Å²) in [5, 5.41) is 23.1. The number of thioether (sulfide) groups is 1. The Kier molecular flexibility index (Phi) is 5.74. The van der Waals surface area contributed by atoms with Crippen molar-refractivity contribution in [2.75, 3.05) is 0 Å². The predicted octanol–water partition coefficient (Wildman–Crippen LogP) is 5.71. The topological polar surface area (TPSA) is 86.4 Å². The van der Waals surface area contributed by atoms with Crippen LogP contribution in [-0.2, 0) is 15.6 Å². The minimum absolute atomic E-state index is 0.00984. The van der Waals surface area contributed by atoms with E-state index >= 15 is 0 Å². The molecule has 0 amide bonds. The van der Waals surface area contributed by atoms with Gasteiger partial charge in [0.1, 0.15) is 10.4 Å². The summed E-state index contributed by atoms with van der Waals surface area (Å²) in [4.78, 5) is 16.3. The lowest BCUT2D eigenvalue weighted by Crippen LogP contribution is -2.21. The maximum absolute atomic E-state index is 13.1. The van der Waals surface area contributed by atoms with Crippen LogP contribution in [0.4, 0.5) is 0 Å². The highest BCUT2D eigenvalue weighted by Crippen LogP contribution is 2.39. The average Bonchev–Trinajstić information content (AvgIpc) is 3.02. The zero-order valence-corrected chi connectivity index (χ0v) is 18.9. The van der Waals surface area contributed by atoms with Gasteiger partial charge < -0.3 is 14.6 Å². The molecule has 1 aromatic heterocycles. The number of oxazole rings is 1. The van der Waals surface area contributed by atoms with Gasteiger partial charge in [0.2, 0.25) is 0 Å². The standard InChI is InChI=1S/C24H27NO4S/c1-23(2,3)15-11-14(12-16(20(15)26)24(4,5)6)13-19(21(27)28)30-22-25-17-9-7-8-10-18(17)29-22/h7-13,26H,1-6H3,(H,27,28)/p-1/b19-13+. The van der Waals surface area contributed by atoms with Crippen molar-refractivity contribution in [1.82, 2.24) is 4.98 Å².